The second-order valence-corrected chi connectivity index (χ2v) is 7.06. The highest BCUT2D eigenvalue weighted by Crippen LogP contribution is 2.26. The van der Waals surface area contributed by atoms with Gasteiger partial charge in [0, 0.05) is 0 Å². The number of hydrogen-bond donors (Lipinski definition) is 0. The third-order valence-corrected chi connectivity index (χ3v) is 4.59. The van der Waals surface area contributed by atoms with E-state index in [4.69, 9.17) is 37.9 Å². The van der Waals surface area contributed by atoms with Gasteiger partial charge < -0.3 is 37.9 Å². The van der Waals surface area contributed by atoms with E-state index in [9.17, 15) is 0 Å². The minimum Gasteiger partial charge on any atom is -0.487 e. The van der Waals surface area contributed by atoms with Gasteiger partial charge in [-0.3, -0.25) is 0 Å². The van der Waals surface area contributed by atoms with Crippen LogP contribution in [0.25, 0.3) is 0 Å². The SMILES string of the molecule is C1=CC2=C(C=CC1)OCCOCCOCCOc1ccccc1OCCOCCOCCO2. The lowest BCUT2D eigenvalue weighted by Gasteiger charge is -2.14. The Hall–Kier alpha value is -2.52. The average Bonchev–Trinajstić information content (AvgIpc) is 3.06. The lowest BCUT2D eigenvalue weighted by Crippen LogP contribution is -2.14. The van der Waals surface area contributed by atoms with Crippen LogP contribution in [-0.2, 0) is 28.4 Å². The van der Waals surface area contributed by atoms with E-state index in [1.807, 2.05) is 48.6 Å². The maximum absolute atomic E-state index is 5.86. The van der Waals surface area contributed by atoms with E-state index < -0.39 is 0 Å². The van der Waals surface area contributed by atoms with Crippen molar-refractivity contribution in [2.45, 2.75) is 6.42 Å². The molecule has 2 aliphatic rings. The van der Waals surface area contributed by atoms with Crippen molar-refractivity contribution in [2.24, 2.45) is 0 Å². The Balaban J connectivity index is 1.46. The Morgan fingerprint density at radius 1 is 0.424 bits per heavy atom. The van der Waals surface area contributed by atoms with E-state index in [-0.39, 0.29) is 0 Å². The van der Waals surface area contributed by atoms with Crippen LogP contribution in [0.4, 0.5) is 0 Å². The summed E-state index contributed by atoms with van der Waals surface area (Å²) in [5.41, 5.74) is 0. The molecule has 1 aromatic rings. The van der Waals surface area contributed by atoms with Crippen LogP contribution in [0.5, 0.6) is 11.5 Å². The van der Waals surface area contributed by atoms with E-state index in [1.165, 1.54) is 0 Å². The van der Waals surface area contributed by atoms with Crippen LogP contribution in [0.3, 0.4) is 0 Å². The largest absolute Gasteiger partial charge is 0.487 e. The summed E-state index contributed by atoms with van der Waals surface area (Å²) in [6.45, 7) is 5.48. The molecular weight excluding hydrogens is 428 g/mol. The van der Waals surface area contributed by atoms with E-state index >= 15 is 0 Å². The van der Waals surface area contributed by atoms with Crippen molar-refractivity contribution in [1.29, 1.82) is 0 Å². The Bertz CT molecular complexity index is 698. The van der Waals surface area contributed by atoms with E-state index in [1.54, 1.807) is 0 Å². The van der Waals surface area contributed by atoms with Gasteiger partial charge in [0.2, 0.25) is 0 Å². The molecule has 0 saturated carbocycles. The number of allylic oxidation sites excluding steroid dienone is 4. The van der Waals surface area contributed by atoms with Crippen LogP contribution in [-0.4, -0.2) is 79.3 Å². The van der Waals surface area contributed by atoms with Gasteiger partial charge in [-0.2, -0.15) is 0 Å². The summed E-state index contributed by atoms with van der Waals surface area (Å²) in [7, 11) is 0. The summed E-state index contributed by atoms with van der Waals surface area (Å²) in [5, 5.41) is 0. The van der Waals surface area contributed by atoms with Crippen LogP contribution in [0.2, 0.25) is 0 Å². The quantitative estimate of drug-likeness (QED) is 0.582. The number of fused-ring (bicyclic) bond motifs is 1. The predicted octanol–water partition coefficient (Wildman–Crippen LogP) is 3.29. The predicted molar refractivity (Wildman–Crippen MR) is 123 cm³/mol. The molecule has 1 aliphatic heterocycles. The fraction of sp³-hybridized carbons (Fsp3) is 0.520. The monoisotopic (exact) mass is 462 g/mol. The minimum atomic E-state index is 0.425. The normalized spacial score (nSPS) is 20.5. The Labute approximate surface area is 195 Å². The maximum Gasteiger partial charge on any atom is 0.161 e. The Morgan fingerprint density at radius 2 is 0.788 bits per heavy atom. The van der Waals surface area contributed by atoms with Gasteiger partial charge in [0.05, 0.1) is 52.9 Å². The van der Waals surface area contributed by atoms with Crippen molar-refractivity contribution in [2.75, 3.05) is 79.3 Å². The molecule has 1 heterocycles. The molecule has 0 bridgehead atoms. The Morgan fingerprint density at radius 3 is 1.21 bits per heavy atom. The van der Waals surface area contributed by atoms with Crippen LogP contribution < -0.4 is 9.47 Å². The molecule has 1 aliphatic carbocycles. The fourth-order valence-electron chi connectivity index (χ4n) is 3.01. The zero-order valence-electron chi connectivity index (χ0n) is 19.1. The van der Waals surface area contributed by atoms with Gasteiger partial charge in [-0.1, -0.05) is 24.3 Å². The van der Waals surface area contributed by atoms with Crippen molar-refractivity contribution in [3.8, 4) is 11.5 Å². The first kappa shape index (κ1) is 25.1. The first-order chi connectivity index (χ1) is 16.4. The molecule has 8 nitrogen and oxygen atoms in total. The summed E-state index contributed by atoms with van der Waals surface area (Å²) in [4.78, 5) is 0. The van der Waals surface area contributed by atoms with Gasteiger partial charge in [-0.25, -0.2) is 0 Å². The molecular formula is C25H34O8. The van der Waals surface area contributed by atoms with Crippen LogP contribution >= 0.6 is 0 Å². The van der Waals surface area contributed by atoms with Gasteiger partial charge >= 0.3 is 0 Å². The lowest BCUT2D eigenvalue weighted by atomic mass is 10.3. The highest BCUT2D eigenvalue weighted by Gasteiger charge is 2.08. The molecule has 0 atom stereocenters. The van der Waals surface area contributed by atoms with Gasteiger partial charge in [0.15, 0.2) is 23.0 Å². The zero-order valence-corrected chi connectivity index (χ0v) is 19.1. The van der Waals surface area contributed by atoms with E-state index in [2.05, 4.69) is 0 Å². The average molecular weight is 463 g/mol. The van der Waals surface area contributed by atoms with E-state index in [0.29, 0.717) is 102 Å². The number of benzene rings is 1. The summed E-state index contributed by atoms with van der Waals surface area (Å²) >= 11 is 0. The van der Waals surface area contributed by atoms with Crippen LogP contribution in [0.15, 0.2) is 60.1 Å². The first-order valence-electron chi connectivity index (χ1n) is 11.4. The fourth-order valence-corrected chi connectivity index (χ4v) is 3.01. The molecule has 0 amide bonds. The second kappa shape index (κ2) is 16.1. The summed E-state index contributed by atoms with van der Waals surface area (Å²) in [6.07, 6.45) is 8.75. The van der Waals surface area contributed by atoms with Crippen LogP contribution in [0, 0.1) is 0 Å². The van der Waals surface area contributed by atoms with Crippen molar-refractivity contribution >= 4 is 0 Å². The second-order valence-electron chi connectivity index (χ2n) is 7.06. The molecule has 0 aromatic heterocycles. The standard InChI is InChI=1S/C25H34O8/c1-2-6-22-23(7-3-1)31-19-15-27-11-13-29-17-21-33-25-9-5-4-8-24(25)32-20-16-28-12-10-26-14-18-30-22/h2-9H,1,10-21H2. The number of para-hydroxylation sites is 2. The molecule has 0 radical (unpaired) electrons. The molecule has 0 saturated heterocycles. The van der Waals surface area contributed by atoms with Crippen LogP contribution in [0.1, 0.15) is 6.42 Å². The molecule has 0 fully saturated rings. The van der Waals surface area contributed by atoms with Crippen molar-refractivity contribution < 1.29 is 37.9 Å². The summed E-state index contributed by atoms with van der Waals surface area (Å²) < 4.78 is 45.6. The first-order valence-corrected chi connectivity index (χ1v) is 11.4. The number of ether oxygens (including phenoxy) is 8. The maximum atomic E-state index is 5.86. The highest BCUT2D eigenvalue weighted by molar-refractivity contribution is 5.39. The summed E-state index contributed by atoms with van der Waals surface area (Å²) in [6, 6.07) is 7.57. The highest BCUT2D eigenvalue weighted by atomic mass is 16.6. The minimum absolute atomic E-state index is 0.425. The molecule has 0 spiro atoms. The van der Waals surface area contributed by atoms with E-state index in [0.717, 1.165) is 6.42 Å². The molecule has 8 heteroatoms. The van der Waals surface area contributed by atoms with Crippen molar-refractivity contribution in [3.05, 3.63) is 60.1 Å². The number of rotatable bonds is 0. The molecule has 182 valence electrons. The van der Waals surface area contributed by atoms with Crippen molar-refractivity contribution in [3.63, 3.8) is 0 Å². The van der Waals surface area contributed by atoms with Gasteiger partial charge in [-0.05, 0) is 30.7 Å². The third kappa shape index (κ3) is 10.3. The van der Waals surface area contributed by atoms with Gasteiger partial charge in [-0.15, -0.1) is 0 Å². The molecule has 0 unspecified atom stereocenters. The van der Waals surface area contributed by atoms with Crippen molar-refractivity contribution in [1.82, 2.24) is 0 Å². The van der Waals surface area contributed by atoms with Gasteiger partial charge in [0.25, 0.3) is 0 Å². The lowest BCUT2D eigenvalue weighted by molar-refractivity contribution is 0.0127. The zero-order chi connectivity index (χ0) is 22.8. The smallest absolute Gasteiger partial charge is 0.161 e. The van der Waals surface area contributed by atoms with Gasteiger partial charge in [0.1, 0.15) is 26.4 Å². The molecule has 0 N–H and O–H groups in total. The number of hydrogen-bond acceptors (Lipinski definition) is 8. The molecule has 1 aromatic carbocycles. The topological polar surface area (TPSA) is 73.8 Å². The third-order valence-electron chi connectivity index (χ3n) is 4.59. The molecule has 33 heavy (non-hydrogen) atoms. The Kier molecular flexibility index (Phi) is 12.3. The summed E-state index contributed by atoms with van der Waals surface area (Å²) in [5.74, 6) is 2.75. The molecule has 3 rings (SSSR count).